The number of fused-ring (bicyclic) bond motifs is 1. The van der Waals surface area contributed by atoms with E-state index in [9.17, 15) is 9.59 Å². The number of carbonyl (C=O) groups is 1. The lowest BCUT2D eigenvalue weighted by Crippen LogP contribution is -2.36. The van der Waals surface area contributed by atoms with Gasteiger partial charge in [-0.2, -0.15) is 0 Å². The second-order valence-electron chi connectivity index (χ2n) is 8.54. The maximum Gasteiger partial charge on any atom is 0.262 e. The van der Waals surface area contributed by atoms with Crippen molar-refractivity contribution in [3.05, 3.63) is 62.6 Å². The highest BCUT2D eigenvalue weighted by atomic mass is 32.1. The Labute approximate surface area is 204 Å². The highest BCUT2D eigenvalue weighted by Gasteiger charge is 2.17. The van der Waals surface area contributed by atoms with E-state index in [-0.39, 0.29) is 17.5 Å². The molecule has 2 aromatic carbocycles. The van der Waals surface area contributed by atoms with Crippen molar-refractivity contribution in [2.75, 3.05) is 13.2 Å². The van der Waals surface area contributed by atoms with Crippen molar-refractivity contribution in [1.82, 2.24) is 14.9 Å². The van der Waals surface area contributed by atoms with Gasteiger partial charge in [-0.15, -0.1) is 0 Å². The quantitative estimate of drug-likeness (QED) is 0.444. The van der Waals surface area contributed by atoms with E-state index in [1.807, 2.05) is 26.0 Å². The lowest BCUT2D eigenvalue weighted by molar-refractivity contribution is 0.0927. The van der Waals surface area contributed by atoms with Gasteiger partial charge in [-0.3, -0.25) is 14.2 Å². The van der Waals surface area contributed by atoms with Crippen molar-refractivity contribution >= 4 is 29.0 Å². The third kappa shape index (κ3) is 5.33. The van der Waals surface area contributed by atoms with Crippen LogP contribution in [0.3, 0.4) is 0 Å². The first kappa shape index (κ1) is 24.0. The summed E-state index contributed by atoms with van der Waals surface area (Å²) in [7, 11) is 0. The van der Waals surface area contributed by atoms with E-state index in [2.05, 4.69) is 10.3 Å². The molecule has 0 spiro atoms. The van der Waals surface area contributed by atoms with Gasteiger partial charge in [0.05, 0.1) is 30.7 Å². The van der Waals surface area contributed by atoms with E-state index in [1.54, 1.807) is 24.3 Å². The normalized spacial score (nSPS) is 14.2. The Morgan fingerprint density at radius 2 is 1.71 bits per heavy atom. The first-order valence-corrected chi connectivity index (χ1v) is 12.4. The van der Waals surface area contributed by atoms with Crippen LogP contribution in [-0.2, 0) is 6.54 Å². The minimum atomic E-state index is -0.207. The van der Waals surface area contributed by atoms with Crippen molar-refractivity contribution in [3.63, 3.8) is 0 Å². The van der Waals surface area contributed by atoms with Crippen molar-refractivity contribution in [1.29, 1.82) is 0 Å². The fourth-order valence-corrected chi connectivity index (χ4v) is 4.66. The Morgan fingerprint density at radius 3 is 2.35 bits per heavy atom. The van der Waals surface area contributed by atoms with E-state index in [4.69, 9.17) is 21.7 Å². The molecule has 4 rings (SSSR count). The number of H-pyrrole nitrogens is 1. The second-order valence-corrected chi connectivity index (χ2v) is 8.92. The van der Waals surface area contributed by atoms with Gasteiger partial charge in [0.1, 0.15) is 0 Å². The molecule has 0 unspecified atom stereocenters. The van der Waals surface area contributed by atoms with Crippen LogP contribution < -0.4 is 20.3 Å². The number of rotatable bonds is 8. The highest BCUT2D eigenvalue weighted by Crippen LogP contribution is 2.31. The number of nitrogens with one attached hydrogen (secondary N) is 2. The number of benzene rings is 2. The van der Waals surface area contributed by atoms with Gasteiger partial charge in [-0.05, 0) is 62.7 Å². The molecule has 1 aliphatic carbocycles. The van der Waals surface area contributed by atoms with Crippen LogP contribution in [0.15, 0.2) is 41.2 Å². The van der Waals surface area contributed by atoms with Gasteiger partial charge in [0, 0.05) is 17.7 Å². The zero-order chi connectivity index (χ0) is 24.1. The first-order chi connectivity index (χ1) is 16.5. The minimum absolute atomic E-state index is 0.0489. The summed E-state index contributed by atoms with van der Waals surface area (Å²) in [5, 5.41) is 3.61. The molecule has 34 heavy (non-hydrogen) atoms. The molecule has 2 N–H and O–H groups in total. The second kappa shape index (κ2) is 10.9. The van der Waals surface area contributed by atoms with E-state index < -0.39 is 0 Å². The lowest BCUT2D eigenvalue weighted by atomic mass is 9.95. The summed E-state index contributed by atoms with van der Waals surface area (Å²) in [6, 6.07) is 11.1. The van der Waals surface area contributed by atoms with Gasteiger partial charge in [-0.25, -0.2) is 0 Å². The number of carbonyl (C=O) groups excluding carboxylic acids is 1. The van der Waals surface area contributed by atoms with Crippen LogP contribution in [0.25, 0.3) is 10.9 Å². The molecule has 8 heteroatoms. The molecule has 1 aromatic heterocycles. The van der Waals surface area contributed by atoms with E-state index in [0.29, 0.717) is 52.5 Å². The van der Waals surface area contributed by atoms with Gasteiger partial charge < -0.3 is 19.8 Å². The summed E-state index contributed by atoms with van der Waals surface area (Å²) in [6.45, 7) is 5.02. The Morgan fingerprint density at radius 1 is 1.06 bits per heavy atom. The van der Waals surface area contributed by atoms with Crippen LogP contribution in [0.5, 0.6) is 11.5 Å². The van der Waals surface area contributed by atoms with Crippen molar-refractivity contribution in [3.8, 4) is 11.5 Å². The van der Waals surface area contributed by atoms with Crippen molar-refractivity contribution in [2.24, 2.45) is 0 Å². The van der Waals surface area contributed by atoms with Gasteiger partial charge in [-0.1, -0.05) is 31.4 Å². The van der Waals surface area contributed by atoms with E-state index in [1.165, 1.54) is 23.8 Å². The monoisotopic (exact) mass is 481 g/mol. The van der Waals surface area contributed by atoms with Crippen molar-refractivity contribution in [2.45, 2.75) is 58.5 Å². The molecular weight excluding hydrogens is 450 g/mol. The molecule has 3 aromatic rings. The number of ether oxygens (including phenoxy) is 2. The largest absolute Gasteiger partial charge is 0.490 e. The maximum atomic E-state index is 13.3. The average Bonchev–Trinajstić information content (AvgIpc) is 2.84. The molecule has 0 atom stereocenters. The number of aromatic amines is 1. The fraction of sp³-hybridized carbons (Fsp3) is 0.423. The van der Waals surface area contributed by atoms with Crippen LogP contribution in [-0.4, -0.2) is 34.7 Å². The summed E-state index contributed by atoms with van der Waals surface area (Å²) in [5.41, 5.74) is 1.90. The summed E-state index contributed by atoms with van der Waals surface area (Å²) in [6.07, 6.45) is 5.68. The Kier molecular flexibility index (Phi) is 7.67. The number of hydrogen-bond acceptors (Lipinski definition) is 5. The molecule has 1 heterocycles. The van der Waals surface area contributed by atoms with Crippen molar-refractivity contribution < 1.29 is 14.3 Å². The molecule has 0 bridgehead atoms. The molecule has 0 radical (unpaired) electrons. The predicted molar refractivity (Wildman–Crippen MR) is 136 cm³/mol. The fourth-order valence-electron chi connectivity index (χ4n) is 4.40. The first-order valence-electron chi connectivity index (χ1n) is 12.0. The third-order valence-electron chi connectivity index (χ3n) is 6.14. The standard InChI is InChI=1S/C26H31N3O4S/c1-3-32-22-14-20-21(15-23(22)33-4-2)28-26(34)29(25(20)31)16-17-10-12-18(13-11-17)24(30)27-19-8-6-5-7-9-19/h10-15,19H,3-9,16H2,1-2H3,(H,27,30)(H,28,34). The van der Waals surface area contributed by atoms with E-state index in [0.717, 1.165) is 18.4 Å². The molecular formula is C26H31N3O4S. The Hall–Kier alpha value is -3.13. The molecule has 1 fully saturated rings. The highest BCUT2D eigenvalue weighted by molar-refractivity contribution is 7.71. The summed E-state index contributed by atoms with van der Waals surface area (Å²) < 4.78 is 13.2. The lowest BCUT2D eigenvalue weighted by Gasteiger charge is -2.22. The summed E-state index contributed by atoms with van der Waals surface area (Å²) in [4.78, 5) is 29.0. The molecule has 1 amide bonds. The number of hydrogen-bond donors (Lipinski definition) is 2. The average molecular weight is 482 g/mol. The number of amides is 1. The molecule has 0 aliphatic heterocycles. The maximum absolute atomic E-state index is 13.3. The summed E-state index contributed by atoms with van der Waals surface area (Å²) >= 11 is 5.49. The molecule has 180 valence electrons. The van der Waals surface area contributed by atoms with Crippen LogP contribution in [0, 0.1) is 4.77 Å². The van der Waals surface area contributed by atoms with Crippen LogP contribution in [0.2, 0.25) is 0 Å². The topological polar surface area (TPSA) is 85.4 Å². The molecule has 1 saturated carbocycles. The van der Waals surface area contributed by atoms with Crippen LogP contribution >= 0.6 is 12.2 Å². The van der Waals surface area contributed by atoms with Gasteiger partial charge in [0.25, 0.3) is 11.5 Å². The Balaban J connectivity index is 1.57. The number of aromatic nitrogens is 2. The third-order valence-corrected chi connectivity index (χ3v) is 6.47. The van der Waals surface area contributed by atoms with Crippen LogP contribution in [0.4, 0.5) is 0 Å². The summed E-state index contributed by atoms with van der Waals surface area (Å²) in [5.74, 6) is 1.05. The van der Waals surface area contributed by atoms with Gasteiger partial charge in [0.2, 0.25) is 0 Å². The van der Waals surface area contributed by atoms with E-state index >= 15 is 0 Å². The smallest absolute Gasteiger partial charge is 0.262 e. The minimum Gasteiger partial charge on any atom is -0.490 e. The molecule has 7 nitrogen and oxygen atoms in total. The molecule has 0 saturated heterocycles. The predicted octanol–water partition coefficient (Wildman–Crippen LogP) is 4.97. The SMILES string of the molecule is CCOc1cc2[nH]c(=S)n(Cc3ccc(C(=O)NC4CCCCC4)cc3)c(=O)c2cc1OCC. The van der Waals surface area contributed by atoms with Gasteiger partial charge >= 0.3 is 0 Å². The molecule has 1 aliphatic rings. The van der Waals surface area contributed by atoms with Crippen LogP contribution in [0.1, 0.15) is 61.9 Å². The zero-order valence-corrected chi connectivity index (χ0v) is 20.5. The number of nitrogens with zero attached hydrogens (tertiary/aromatic N) is 1. The van der Waals surface area contributed by atoms with Gasteiger partial charge in [0.15, 0.2) is 16.3 Å². The Bertz CT molecular complexity index is 1270. The zero-order valence-electron chi connectivity index (χ0n) is 19.7.